The van der Waals surface area contributed by atoms with Crippen LogP contribution < -0.4 is 10.6 Å². The second-order valence-electron chi connectivity index (χ2n) is 17.1. The maximum atomic E-state index is 14.5. The van der Waals surface area contributed by atoms with Crippen LogP contribution in [0.3, 0.4) is 0 Å². The van der Waals surface area contributed by atoms with Crippen molar-refractivity contribution in [2.45, 2.75) is 153 Å². The van der Waals surface area contributed by atoms with Crippen molar-refractivity contribution in [1.29, 1.82) is 0 Å². The Hall–Kier alpha value is -2.76. The van der Waals surface area contributed by atoms with Gasteiger partial charge in [-0.15, -0.1) is 0 Å². The van der Waals surface area contributed by atoms with Gasteiger partial charge in [-0.05, 0) is 85.5 Å². The molecule has 2 rings (SSSR count). The molecule has 6 nitrogen and oxygen atoms in total. The number of amides is 1. The second-order valence-corrected chi connectivity index (χ2v) is 17.1. The maximum Gasteiger partial charge on any atom is 0.223 e. The summed E-state index contributed by atoms with van der Waals surface area (Å²) >= 11 is 0. The number of hydrogen-bond donors (Lipinski definition) is 2. The van der Waals surface area contributed by atoms with Crippen molar-refractivity contribution in [1.82, 2.24) is 10.6 Å². The second kappa shape index (κ2) is 21.8. The van der Waals surface area contributed by atoms with E-state index >= 15 is 0 Å². The highest BCUT2D eigenvalue weighted by molar-refractivity contribution is 5.91. The van der Waals surface area contributed by atoms with E-state index in [0.29, 0.717) is 18.6 Å². The largest absolute Gasteiger partial charge is 0.379 e. The monoisotopic (exact) mass is 721 g/mol. The SMILES string of the molecule is C=C(N[C@@H](Cc1ccccc1)C(C)=O)[C@H](C)[C@@H](CC)[C@@H]1CCCC1C(=O)C[C@@H](CC)[C@@H](C(C)C(=O)[C@@H](NC(=O)[C@@H](CC)C(C)C)C(C)C)[C@@H](C)CC. The van der Waals surface area contributed by atoms with E-state index < -0.39 is 6.04 Å². The normalized spacial score (nSPS) is 21.3. The van der Waals surface area contributed by atoms with Crippen molar-refractivity contribution in [3.8, 4) is 0 Å². The van der Waals surface area contributed by atoms with Gasteiger partial charge in [0.05, 0.1) is 12.1 Å². The van der Waals surface area contributed by atoms with E-state index in [-0.39, 0.29) is 88.6 Å². The van der Waals surface area contributed by atoms with Crippen LogP contribution in [0.15, 0.2) is 42.6 Å². The Morgan fingerprint density at radius 3 is 1.92 bits per heavy atom. The van der Waals surface area contributed by atoms with Gasteiger partial charge in [-0.1, -0.05) is 139 Å². The smallest absolute Gasteiger partial charge is 0.223 e. The fourth-order valence-electron chi connectivity index (χ4n) is 9.55. The van der Waals surface area contributed by atoms with Gasteiger partial charge in [0.15, 0.2) is 11.6 Å². The number of hydrogen-bond acceptors (Lipinski definition) is 5. The third-order valence-electron chi connectivity index (χ3n) is 13.0. The van der Waals surface area contributed by atoms with Gasteiger partial charge in [0.2, 0.25) is 5.91 Å². The lowest BCUT2D eigenvalue weighted by Gasteiger charge is -2.38. The molecule has 2 N–H and O–H groups in total. The van der Waals surface area contributed by atoms with Crippen LogP contribution in [-0.4, -0.2) is 35.3 Å². The molecule has 0 saturated heterocycles. The summed E-state index contributed by atoms with van der Waals surface area (Å²) in [5, 5.41) is 6.67. The Labute approximate surface area is 318 Å². The molecule has 2 unspecified atom stereocenters. The van der Waals surface area contributed by atoms with E-state index in [1.54, 1.807) is 6.92 Å². The molecule has 0 aromatic heterocycles. The fraction of sp³-hybridized carbons (Fsp3) is 0.739. The average Bonchev–Trinajstić information content (AvgIpc) is 3.59. The summed E-state index contributed by atoms with van der Waals surface area (Å²) in [6, 6.07) is 9.20. The number of carbonyl (C=O) groups is 4. The molecule has 1 saturated carbocycles. The highest BCUT2D eigenvalue weighted by Gasteiger charge is 2.43. The van der Waals surface area contributed by atoms with Crippen LogP contribution in [-0.2, 0) is 25.6 Å². The first kappa shape index (κ1) is 45.4. The summed E-state index contributed by atoms with van der Waals surface area (Å²) in [6.45, 7) is 29.3. The number of benzene rings is 1. The Morgan fingerprint density at radius 2 is 1.42 bits per heavy atom. The van der Waals surface area contributed by atoms with Crippen molar-refractivity contribution < 1.29 is 19.2 Å². The minimum absolute atomic E-state index is 0.00419. The van der Waals surface area contributed by atoms with Crippen molar-refractivity contribution in [3.05, 3.63) is 48.2 Å². The van der Waals surface area contributed by atoms with Gasteiger partial charge in [-0.3, -0.25) is 19.2 Å². The van der Waals surface area contributed by atoms with E-state index in [4.69, 9.17) is 0 Å². The van der Waals surface area contributed by atoms with Gasteiger partial charge in [0, 0.05) is 29.9 Å². The van der Waals surface area contributed by atoms with Crippen LogP contribution in [0.1, 0.15) is 140 Å². The number of Topliss-reactive ketones (excluding diaryl/α,β-unsaturated/α-hetero) is 3. The van der Waals surface area contributed by atoms with Gasteiger partial charge >= 0.3 is 0 Å². The first-order valence-electron chi connectivity index (χ1n) is 20.9. The molecule has 0 aliphatic heterocycles. The zero-order chi connectivity index (χ0) is 39.3. The van der Waals surface area contributed by atoms with Crippen molar-refractivity contribution in [2.24, 2.45) is 65.1 Å². The molecule has 1 aliphatic carbocycles. The molecule has 1 aliphatic rings. The Morgan fingerprint density at radius 1 is 0.788 bits per heavy atom. The van der Waals surface area contributed by atoms with Crippen molar-refractivity contribution >= 4 is 23.3 Å². The molecule has 0 spiro atoms. The van der Waals surface area contributed by atoms with Gasteiger partial charge in [0.1, 0.15) is 5.78 Å². The minimum Gasteiger partial charge on any atom is -0.379 e. The molecule has 52 heavy (non-hydrogen) atoms. The van der Waals surface area contributed by atoms with Crippen LogP contribution >= 0.6 is 0 Å². The third kappa shape index (κ3) is 12.1. The Balaban J connectivity index is 2.26. The lowest BCUT2D eigenvalue weighted by atomic mass is 9.66. The first-order chi connectivity index (χ1) is 24.5. The minimum atomic E-state index is -0.543. The van der Waals surface area contributed by atoms with Crippen LogP contribution in [0.25, 0.3) is 0 Å². The number of allylic oxidation sites excluding steroid dienone is 1. The lowest BCUT2D eigenvalue weighted by Crippen LogP contribution is -2.51. The summed E-state index contributed by atoms with van der Waals surface area (Å²) < 4.78 is 0. The topological polar surface area (TPSA) is 92.3 Å². The van der Waals surface area contributed by atoms with Gasteiger partial charge < -0.3 is 10.6 Å². The van der Waals surface area contributed by atoms with E-state index in [2.05, 4.69) is 77.8 Å². The zero-order valence-corrected chi connectivity index (χ0v) is 35.1. The quantitative estimate of drug-likeness (QED) is 0.111. The van der Waals surface area contributed by atoms with Crippen LogP contribution in [0, 0.1) is 65.1 Å². The first-order valence-corrected chi connectivity index (χ1v) is 20.9. The number of rotatable bonds is 24. The standard InChI is InChI=1S/C46H76N2O4/c1-14-30(9)43(32(11)45(51)44(29(7)8)48-46(52)37(16-3)28(5)6)36(15-2)27-42(50)40-25-21-24-39(40)38(17-4)31(10)33(12)47-41(34(13)49)26-35-22-19-18-20-23-35/h18-20,22-23,28-32,36-41,43-44,47H,12,14-17,21,24-27H2,1-11,13H3,(H,48,52)/t30-,31-,32?,36+,37-,38+,39-,40?,41-,43+,44-/m0/s1. The third-order valence-corrected chi connectivity index (χ3v) is 13.0. The van der Waals surface area contributed by atoms with Gasteiger partial charge in [0.25, 0.3) is 0 Å². The van der Waals surface area contributed by atoms with Crippen LogP contribution in [0.2, 0.25) is 0 Å². The Kier molecular flexibility index (Phi) is 19.0. The molecular formula is C46H76N2O4. The highest BCUT2D eigenvalue weighted by atomic mass is 16.2. The van der Waals surface area contributed by atoms with Crippen molar-refractivity contribution in [3.63, 3.8) is 0 Å². The summed E-state index contributed by atoms with van der Waals surface area (Å²) in [4.78, 5) is 54.8. The van der Waals surface area contributed by atoms with Gasteiger partial charge in [-0.2, -0.15) is 0 Å². The van der Waals surface area contributed by atoms with Crippen molar-refractivity contribution in [2.75, 3.05) is 0 Å². The van der Waals surface area contributed by atoms with E-state index in [9.17, 15) is 19.2 Å². The number of ketones is 3. The lowest BCUT2D eigenvalue weighted by molar-refractivity contribution is -0.135. The van der Waals surface area contributed by atoms with E-state index in [1.165, 1.54) is 0 Å². The molecule has 0 heterocycles. The maximum absolute atomic E-state index is 14.5. The molecule has 1 fully saturated rings. The number of carbonyl (C=O) groups excluding carboxylic acids is 4. The molecule has 0 bridgehead atoms. The average molecular weight is 721 g/mol. The molecule has 294 valence electrons. The zero-order valence-electron chi connectivity index (χ0n) is 35.1. The van der Waals surface area contributed by atoms with Gasteiger partial charge in [-0.25, -0.2) is 0 Å². The summed E-state index contributed by atoms with van der Waals surface area (Å²) in [5.41, 5.74) is 1.99. The Bertz CT molecular complexity index is 1290. The molecule has 0 radical (unpaired) electrons. The van der Waals surface area contributed by atoms with E-state index in [1.807, 2.05) is 45.9 Å². The molecule has 6 heteroatoms. The predicted molar refractivity (Wildman–Crippen MR) is 217 cm³/mol. The van der Waals surface area contributed by atoms with E-state index in [0.717, 1.165) is 56.2 Å². The summed E-state index contributed by atoms with van der Waals surface area (Å²) in [7, 11) is 0. The molecule has 1 amide bonds. The molecular weight excluding hydrogens is 645 g/mol. The van der Waals surface area contributed by atoms with Crippen LogP contribution in [0.4, 0.5) is 0 Å². The fourth-order valence-corrected chi connectivity index (χ4v) is 9.55. The molecule has 11 atom stereocenters. The van der Waals surface area contributed by atoms with Crippen LogP contribution in [0.5, 0.6) is 0 Å². The predicted octanol–water partition coefficient (Wildman–Crippen LogP) is 10.0. The summed E-state index contributed by atoms with van der Waals surface area (Å²) in [6.07, 6.45) is 7.52. The number of nitrogens with one attached hydrogen (secondary N) is 2. The molecule has 1 aromatic rings. The summed E-state index contributed by atoms with van der Waals surface area (Å²) in [5.74, 6) is 1.34. The molecule has 1 aromatic carbocycles. The highest BCUT2D eigenvalue weighted by Crippen LogP contribution is 2.45.